The SMILES string of the molecule is CN(C)C(=O)[C@H]1CC[C@H](NC(=S)C(=O)Nc2ccc(F)cc2)[C@H](NC(=O)OC(C)(C)C)C1. The fourth-order valence-corrected chi connectivity index (χ4v) is 3.71. The Labute approximate surface area is 193 Å². The minimum absolute atomic E-state index is 0.0175. The molecule has 2 rings (SSSR count). The highest BCUT2D eigenvalue weighted by molar-refractivity contribution is 7.82. The third-order valence-electron chi connectivity index (χ3n) is 4.97. The van der Waals surface area contributed by atoms with Crippen LogP contribution in [0.4, 0.5) is 14.9 Å². The Balaban J connectivity index is 2.07. The van der Waals surface area contributed by atoms with Gasteiger partial charge in [-0.15, -0.1) is 0 Å². The first-order valence-electron chi connectivity index (χ1n) is 10.4. The predicted molar refractivity (Wildman–Crippen MR) is 124 cm³/mol. The Morgan fingerprint density at radius 2 is 1.69 bits per heavy atom. The summed E-state index contributed by atoms with van der Waals surface area (Å²) in [6.07, 6.45) is 0.891. The molecular weight excluding hydrogens is 435 g/mol. The zero-order valence-electron chi connectivity index (χ0n) is 19.0. The van der Waals surface area contributed by atoms with E-state index in [9.17, 15) is 18.8 Å². The second-order valence-corrected chi connectivity index (χ2v) is 9.44. The number of halogens is 1. The highest BCUT2D eigenvalue weighted by Crippen LogP contribution is 2.27. The number of nitrogens with one attached hydrogen (secondary N) is 3. The maximum Gasteiger partial charge on any atom is 0.407 e. The van der Waals surface area contributed by atoms with Crippen LogP contribution >= 0.6 is 12.2 Å². The average molecular weight is 467 g/mol. The van der Waals surface area contributed by atoms with Gasteiger partial charge in [0.05, 0.1) is 6.04 Å². The van der Waals surface area contributed by atoms with Gasteiger partial charge in [0.2, 0.25) is 5.91 Å². The standard InChI is InChI=1S/C22H31FN4O4S/c1-22(2,3)31-21(30)26-17-12-13(20(29)27(4)5)6-11-16(17)25-19(32)18(28)24-15-9-7-14(23)8-10-15/h7-10,13,16-17H,6,11-12H2,1-5H3,(H,24,28)(H,25,32)(H,26,30)/t13-,16-,17+/m0/s1. The molecule has 0 saturated heterocycles. The number of hydrogen-bond acceptors (Lipinski definition) is 5. The normalized spacial score (nSPS) is 20.6. The summed E-state index contributed by atoms with van der Waals surface area (Å²) in [4.78, 5) is 38.8. The lowest BCUT2D eigenvalue weighted by molar-refractivity contribution is -0.134. The quantitative estimate of drug-likeness (QED) is 0.590. The fourth-order valence-electron chi connectivity index (χ4n) is 3.51. The van der Waals surface area contributed by atoms with Crippen LogP contribution in [0.25, 0.3) is 0 Å². The molecule has 1 aliphatic carbocycles. The summed E-state index contributed by atoms with van der Waals surface area (Å²) in [6.45, 7) is 5.28. The number of hydrogen-bond donors (Lipinski definition) is 3. The molecule has 1 saturated carbocycles. The summed E-state index contributed by atoms with van der Waals surface area (Å²) in [5, 5.41) is 8.43. The number of amides is 3. The molecule has 1 aliphatic rings. The van der Waals surface area contributed by atoms with Crippen molar-refractivity contribution in [2.45, 2.75) is 57.7 Å². The van der Waals surface area contributed by atoms with E-state index in [1.165, 1.54) is 29.2 Å². The lowest BCUT2D eigenvalue weighted by atomic mass is 9.81. The van der Waals surface area contributed by atoms with Crippen LogP contribution in [0.15, 0.2) is 24.3 Å². The summed E-state index contributed by atoms with van der Waals surface area (Å²) >= 11 is 5.24. The minimum atomic E-state index is -0.676. The number of benzene rings is 1. The van der Waals surface area contributed by atoms with Crippen LogP contribution in [-0.4, -0.2) is 59.6 Å². The molecular formula is C22H31FN4O4S. The number of thiocarbonyl (C=S) groups is 1. The highest BCUT2D eigenvalue weighted by atomic mass is 32.1. The van der Waals surface area contributed by atoms with Crippen LogP contribution in [-0.2, 0) is 14.3 Å². The minimum Gasteiger partial charge on any atom is -0.444 e. The largest absolute Gasteiger partial charge is 0.444 e. The van der Waals surface area contributed by atoms with Gasteiger partial charge in [-0.1, -0.05) is 12.2 Å². The summed E-state index contributed by atoms with van der Waals surface area (Å²) in [7, 11) is 3.38. The van der Waals surface area contributed by atoms with Crippen molar-refractivity contribution >= 4 is 40.8 Å². The van der Waals surface area contributed by atoms with E-state index < -0.39 is 29.5 Å². The van der Waals surface area contributed by atoms with Gasteiger partial charge < -0.3 is 25.6 Å². The van der Waals surface area contributed by atoms with Crippen molar-refractivity contribution in [2.75, 3.05) is 19.4 Å². The molecule has 8 nitrogen and oxygen atoms in total. The van der Waals surface area contributed by atoms with Crippen molar-refractivity contribution in [1.29, 1.82) is 0 Å². The van der Waals surface area contributed by atoms with Crippen LogP contribution in [0, 0.1) is 11.7 Å². The summed E-state index contributed by atoms with van der Waals surface area (Å²) in [6, 6.07) is 4.50. The molecule has 0 heterocycles. The van der Waals surface area contributed by atoms with Gasteiger partial charge in [0.1, 0.15) is 11.4 Å². The van der Waals surface area contributed by atoms with E-state index in [0.29, 0.717) is 24.9 Å². The Bertz CT molecular complexity index is 854. The number of nitrogens with zero attached hydrogens (tertiary/aromatic N) is 1. The van der Waals surface area contributed by atoms with Gasteiger partial charge in [0.15, 0.2) is 4.99 Å². The summed E-state index contributed by atoms with van der Waals surface area (Å²) < 4.78 is 18.4. The number of alkyl carbamates (subject to hydrolysis) is 1. The first-order chi connectivity index (χ1) is 14.9. The number of ether oxygens (including phenoxy) is 1. The molecule has 0 radical (unpaired) electrons. The second kappa shape index (κ2) is 10.7. The average Bonchev–Trinajstić information content (AvgIpc) is 2.68. The molecule has 0 unspecified atom stereocenters. The maximum atomic E-state index is 13.1. The zero-order valence-corrected chi connectivity index (χ0v) is 19.8. The molecule has 3 N–H and O–H groups in total. The molecule has 0 spiro atoms. The van der Waals surface area contributed by atoms with Crippen LogP contribution in [0.3, 0.4) is 0 Å². The van der Waals surface area contributed by atoms with E-state index in [2.05, 4.69) is 16.0 Å². The van der Waals surface area contributed by atoms with Crippen LogP contribution < -0.4 is 16.0 Å². The smallest absolute Gasteiger partial charge is 0.407 e. The molecule has 1 aromatic carbocycles. The van der Waals surface area contributed by atoms with Crippen molar-refractivity contribution in [1.82, 2.24) is 15.5 Å². The van der Waals surface area contributed by atoms with Crippen molar-refractivity contribution in [2.24, 2.45) is 5.92 Å². The third kappa shape index (κ3) is 7.74. The second-order valence-electron chi connectivity index (χ2n) is 9.04. The molecule has 0 bridgehead atoms. The van der Waals surface area contributed by atoms with Gasteiger partial charge in [-0.25, -0.2) is 9.18 Å². The summed E-state index contributed by atoms with van der Waals surface area (Å²) in [5.74, 6) is -1.24. The molecule has 0 aromatic heterocycles. The molecule has 3 amide bonds. The van der Waals surface area contributed by atoms with Gasteiger partial charge >= 0.3 is 6.09 Å². The molecule has 176 valence electrons. The van der Waals surface area contributed by atoms with Gasteiger partial charge in [-0.2, -0.15) is 0 Å². The first-order valence-corrected chi connectivity index (χ1v) is 10.8. The lowest BCUT2D eigenvalue weighted by Crippen LogP contribution is -2.57. The fraction of sp³-hybridized carbons (Fsp3) is 0.545. The van der Waals surface area contributed by atoms with E-state index >= 15 is 0 Å². The van der Waals surface area contributed by atoms with Crippen molar-refractivity contribution in [3.8, 4) is 0 Å². The topological polar surface area (TPSA) is 99.8 Å². The van der Waals surface area contributed by atoms with Gasteiger partial charge in [0.25, 0.3) is 5.91 Å². The Morgan fingerprint density at radius 3 is 2.25 bits per heavy atom. The number of carbonyl (C=O) groups is 3. The Morgan fingerprint density at radius 1 is 1.06 bits per heavy atom. The number of anilines is 1. The van der Waals surface area contributed by atoms with E-state index in [-0.39, 0.29) is 22.9 Å². The third-order valence-corrected chi connectivity index (χ3v) is 5.27. The van der Waals surface area contributed by atoms with E-state index in [4.69, 9.17) is 17.0 Å². The maximum absolute atomic E-state index is 13.1. The highest BCUT2D eigenvalue weighted by Gasteiger charge is 2.37. The van der Waals surface area contributed by atoms with Gasteiger partial charge in [0, 0.05) is 31.7 Å². The molecule has 1 aromatic rings. The lowest BCUT2D eigenvalue weighted by Gasteiger charge is -2.37. The van der Waals surface area contributed by atoms with Crippen LogP contribution in [0.2, 0.25) is 0 Å². The molecule has 32 heavy (non-hydrogen) atoms. The van der Waals surface area contributed by atoms with Crippen molar-refractivity contribution in [3.05, 3.63) is 30.1 Å². The Kier molecular flexibility index (Phi) is 8.54. The number of carbonyl (C=O) groups excluding carboxylic acids is 3. The summed E-state index contributed by atoms with van der Waals surface area (Å²) in [5.41, 5.74) is -0.269. The number of rotatable bonds is 4. The first kappa shape index (κ1) is 25.5. The predicted octanol–water partition coefficient (Wildman–Crippen LogP) is 2.83. The van der Waals surface area contributed by atoms with Crippen molar-refractivity contribution in [3.63, 3.8) is 0 Å². The molecule has 0 aliphatic heterocycles. The van der Waals surface area contributed by atoms with Crippen molar-refractivity contribution < 1.29 is 23.5 Å². The molecule has 3 atom stereocenters. The van der Waals surface area contributed by atoms with E-state index in [1.54, 1.807) is 34.9 Å². The zero-order chi connectivity index (χ0) is 24.1. The Hall–Kier alpha value is -2.75. The van der Waals surface area contributed by atoms with Gasteiger partial charge in [-0.3, -0.25) is 9.59 Å². The molecule has 10 heteroatoms. The van der Waals surface area contributed by atoms with Crippen LogP contribution in [0.1, 0.15) is 40.0 Å². The van der Waals surface area contributed by atoms with E-state index in [1.807, 2.05) is 0 Å². The van der Waals surface area contributed by atoms with E-state index in [0.717, 1.165) is 0 Å². The monoisotopic (exact) mass is 466 g/mol. The molecule has 1 fully saturated rings. The van der Waals surface area contributed by atoms with Gasteiger partial charge in [-0.05, 0) is 64.3 Å². The van der Waals surface area contributed by atoms with Crippen LogP contribution in [0.5, 0.6) is 0 Å².